The van der Waals surface area contributed by atoms with Crippen LogP contribution in [0.5, 0.6) is 0 Å². The number of thioether (sulfide) groups is 1. The number of methoxy groups -OCH3 is 4. The molecule has 8 N–H and O–H groups in total. The van der Waals surface area contributed by atoms with Crippen molar-refractivity contribution in [3.8, 4) is 0 Å². The summed E-state index contributed by atoms with van der Waals surface area (Å²) in [5.41, 5.74) is 5.23. The smallest absolute Gasteiger partial charge is 0.338 e. The van der Waals surface area contributed by atoms with E-state index in [4.69, 9.17) is 156 Å². The van der Waals surface area contributed by atoms with E-state index in [0.717, 1.165) is 30.9 Å². The Hall–Kier alpha value is -9.75. The van der Waals surface area contributed by atoms with Crippen LogP contribution in [0, 0.1) is 17.3 Å². The van der Waals surface area contributed by atoms with Gasteiger partial charge in [0, 0.05) is 227 Å². The van der Waals surface area contributed by atoms with Crippen molar-refractivity contribution in [3.63, 3.8) is 0 Å². The number of ether oxygens (including phenoxy) is 7. The first-order valence-electron chi connectivity index (χ1n) is 47.4. The van der Waals surface area contributed by atoms with Gasteiger partial charge in [0.15, 0.2) is 43.4 Å². The highest BCUT2D eigenvalue weighted by Crippen LogP contribution is 2.45. The molecule has 35 nitrogen and oxygen atoms in total. The molecule has 50 heteroatoms. The number of carbonyl (C=O) groups is 8. The zero-order chi connectivity index (χ0) is 108. The third kappa shape index (κ3) is 31.6. The van der Waals surface area contributed by atoms with E-state index in [-0.39, 0.29) is 49.3 Å². The van der Waals surface area contributed by atoms with E-state index >= 15 is 0 Å². The number of alkyl halides is 2. The van der Waals surface area contributed by atoms with Crippen molar-refractivity contribution in [1.82, 2.24) is 60.8 Å². The summed E-state index contributed by atoms with van der Waals surface area (Å²) in [4.78, 5) is 143. The van der Waals surface area contributed by atoms with E-state index < -0.39 is 108 Å². The first-order valence-corrected chi connectivity index (χ1v) is 55.1. The van der Waals surface area contributed by atoms with Crippen LogP contribution in [0.1, 0.15) is 146 Å². The lowest BCUT2D eigenvalue weighted by molar-refractivity contribution is -0.150. The number of morpholine rings is 3. The minimum Gasteiger partial charge on any atom is -0.481 e. The molecule has 4 aromatic carbocycles. The number of hydrogen-bond acceptors (Lipinski definition) is 36. The molecule has 0 amide bonds. The molecule has 0 saturated carbocycles. The Balaban J connectivity index is 0.000000167. The third-order valence-electron chi connectivity index (χ3n) is 25.4. The number of rotatable bonds is 36. The molecule has 8 aromatic rings. The normalized spacial score (nSPS) is 20.9. The van der Waals surface area contributed by atoms with Gasteiger partial charge >= 0.3 is 47.8 Å². The molecule has 8 aliphatic heterocycles. The van der Waals surface area contributed by atoms with Crippen LogP contribution in [0.2, 0.25) is 40.2 Å². The summed E-state index contributed by atoms with van der Waals surface area (Å²) in [5, 5.41) is 63.5. The van der Waals surface area contributed by atoms with Gasteiger partial charge in [0.1, 0.15) is 30.6 Å². The molecule has 4 fully saturated rings. The average molecular weight is 2320 g/mol. The van der Waals surface area contributed by atoms with Crippen LogP contribution < -0.4 is 21.3 Å². The van der Waals surface area contributed by atoms with Gasteiger partial charge in [-0.1, -0.05) is 131 Å². The molecule has 10 atom stereocenters. The van der Waals surface area contributed by atoms with Crippen LogP contribution in [0.4, 0.5) is 8.78 Å². The van der Waals surface area contributed by atoms with Gasteiger partial charge in [-0.3, -0.25) is 58.7 Å². The minimum absolute atomic E-state index is 0.0120. The van der Waals surface area contributed by atoms with Crippen molar-refractivity contribution < 1.29 is 101 Å². The number of aromatic nitrogens is 4. The molecule has 150 heavy (non-hydrogen) atoms. The number of aliphatic carboxylic acids is 4. The van der Waals surface area contributed by atoms with E-state index in [9.17, 15) is 57.4 Å². The van der Waals surface area contributed by atoms with Gasteiger partial charge in [-0.15, -0.1) is 45.3 Å². The number of aliphatic imine (C=N–C) groups is 4. The molecule has 0 bridgehead atoms. The van der Waals surface area contributed by atoms with Crippen molar-refractivity contribution in [2.75, 3.05) is 132 Å². The Morgan fingerprint density at radius 2 is 0.787 bits per heavy atom. The molecule has 4 saturated heterocycles. The van der Waals surface area contributed by atoms with Crippen molar-refractivity contribution >= 4 is 221 Å². The standard InChI is InChI=1S/C26H30Cl2N4O5S.C25H26Cl2F2N4O5S.C25H28Cl2N4O5S.C24H26Cl2N4O4S2/c1-15(25(33)34)4-3-5-17-13-32(9-10-37-17)14-20-21(26(35)36-2)22(18-7-6-16(27)12-19(18)28)31-23(30-20)24-29-8-11-38-24;1-37-24(36)20-18(13-33-7-8-38-15(12-33)4-5-25(28,29)11-19(34)35)31-22(23-30-6-9-39-23)32-21(20)16-3-2-14(26)10-17(16)27;1-25(2,24(33)34)11-15-12-31(7-8-36-15)13-18-19(23(32)35-3)20(16-5-4-14(26)10-17(16)27)30-21(29-18)22-28-6-9-37-22;1-13(23(31)32)9-15-12-35-8-6-30(15)11-18-19(24(33)34-2)20(16-4-3-14(25)10-17(16)26)29-21(28-18)22-27-5-7-36-22/h6-8,11-12,15,17,22H,3-5,9-10,13-14H2,1-2H3,(H,30,31)(H,33,34);2-3,6,9-10,15,21H,4-5,7-8,11-13H2,1H3,(H,31,32)(H,34,35);4-6,9-10,15,20H,7-8,11-13H2,1-3H3,(H,29,30)(H,33,34);3-5,7,10,13,15,20H,6,8-9,11-12H2,1-2H3,(H,28,29)(H,31,32)/t15?,17-,22+;15-,21+;15?,20-;13?,15-,20+/m1101/s1. The van der Waals surface area contributed by atoms with E-state index in [0.29, 0.717) is 237 Å². The maximum absolute atomic E-state index is 14.0. The topological polar surface area (TPSA) is 444 Å². The molecule has 12 heterocycles. The highest BCUT2D eigenvalue weighted by atomic mass is 35.5. The Labute approximate surface area is 924 Å². The number of amidine groups is 4. The number of thiazole rings is 4. The van der Waals surface area contributed by atoms with E-state index in [1.165, 1.54) is 73.8 Å². The molecular formula is C100H110Cl8F2N16O19S5. The number of nitrogens with zero attached hydrogens (tertiary/aromatic N) is 12. The number of esters is 4. The maximum Gasteiger partial charge on any atom is 0.338 e. The van der Waals surface area contributed by atoms with Crippen molar-refractivity contribution in [1.29, 1.82) is 0 Å². The summed E-state index contributed by atoms with van der Waals surface area (Å²) in [6.07, 6.45) is 7.06. The fourth-order valence-corrected chi connectivity index (χ4v) is 23.3. The molecule has 3 unspecified atom stereocenters. The lowest BCUT2D eigenvalue weighted by Gasteiger charge is -2.38. The highest BCUT2D eigenvalue weighted by molar-refractivity contribution is 7.99. The zero-order valence-electron chi connectivity index (χ0n) is 82.4. The molecule has 0 radical (unpaired) electrons. The highest BCUT2D eigenvalue weighted by Gasteiger charge is 2.44. The monoisotopic (exact) mass is 2320 g/mol. The van der Waals surface area contributed by atoms with Gasteiger partial charge in [-0.2, -0.15) is 11.8 Å². The molecule has 16 rings (SSSR count). The van der Waals surface area contributed by atoms with Crippen LogP contribution in [0.15, 0.2) is 184 Å². The van der Waals surface area contributed by atoms with Gasteiger partial charge in [-0.25, -0.2) is 47.9 Å². The Morgan fingerprint density at radius 3 is 1.09 bits per heavy atom. The van der Waals surface area contributed by atoms with Crippen LogP contribution in [-0.4, -0.2) is 293 Å². The number of carboxylic acid groups (broad SMARTS) is 4. The number of halogens is 10. The third-order valence-corrected chi connectivity index (χ3v) is 31.9. The number of carbonyl (C=O) groups excluding carboxylic acids is 4. The molecule has 0 spiro atoms. The SMILES string of the molecule is COC(=O)C1=C(CN2CCOC(CC(C)(C)C(=O)O)C2)NC(c2nccs2)=N[C@H]1c1ccc(Cl)cc1Cl.COC(=O)C1=C(CN2CCO[C@H](CCC(F)(F)CC(=O)O)C2)NC(c2nccs2)=N[C@H]1c1ccc(Cl)cc1Cl.COC(=O)C1=C(CN2CCO[C@H](CCCC(C)C(=O)O)C2)NC(c2nccs2)=N[C@H]1c1ccc(Cl)cc1Cl.COC(=O)C1=C(CN2CCSC[C@H]2CC(C)C(=O)O)NC(c2nccs2)=N[C@H]1c1ccc(Cl)cc1Cl. The van der Waals surface area contributed by atoms with Gasteiger partial charge in [0.05, 0.1) is 106 Å². The Kier molecular flexibility index (Phi) is 42.9. The lowest BCUT2D eigenvalue weighted by Crippen LogP contribution is -2.48. The van der Waals surface area contributed by atoms with Gasteiger partial charge in [0.2, 0.25) is 0 Å². The largest absolute Gasteiger partial charge is 0.481 e. The molecule has 4 aromatic heterocycles. The first kappa shape index (κ1) is 117. The summed E-state index contributed by atoms with van der Waals surface area (Å²) >= 11 is 58.2. The first-order chi connectivity index (χ1) is 71.7. The summed E-state index contributed by atoms with van der Waals surface area (Å²) in [5.74, 6) is -6.57. The van der Waals surface area contributed by atoms with Crippen molar-refractivity contribution in [2.24, 2.45) is 37.2 Å². The van der Waals surface area contributed by atoms with E-state index in [1.807, 2.05) is 32.8 Å². The van der Waals surface area contributed by atoms with Gasteiger partial charge in [-0.05, 0) is 101 Å². The molecule has 8 aliphatic rings. The van der Waals surface area contributed by atoms with Crippen LogP contribution in [0.3, 0.4) is 0 Å². The van der Waals surface area contributed by atoms with E-state index in [2.05, 4.69) is 55.9 Å². The van der Waals surface area contributed by atoms with Gasteiger partial charge in [0.25, 0.3) is 5.92 Å². The quantitative estimate of drug-likeness (QED) is 0.0134. The second-order valence-electron chi connectivity index (χ2n) is 36.5. The second kappa shape index (κ2) is 54.9. The zero-order valence-corrected chi connectivity index (χ0v) is 92.5. The number of nitrogens with one attached hydrogen (secondary N) is 4. The molecular weight excluding hydrogens is 2210 g/mol. The predicted molar refractivity (Wildman–Crippen MR) is 576 cm³/mol. The Morgan fingerprint density at radius 1 is 0.460 bits per heavy atom. The number of carboxylic acids is 4. The van der Waals surface area contributed by atoms with Crippen LogP contribution in [-0.2, 0) is 71.5 Å². The predicted octanol–water partition coefficient (Wildman–Crippen LogP) is 17.8. The summed E-state index contributed by atoms with van der Waals surface area (Å²) in [7, 11) is 5.28. The minimum atomic E-state index is -3.33. The Bertz CT molecular complexity index is 6430. The second-order valence-corrected chi connectivity index (χ2v) is 44.6. The van der Waals surface area contributed by atoms with E-state index in [1.54, 1.807) is 131 Å². The van der Waals surface area contributed by atoms with Crippen LogP contribution in [0.25, 0.3) is 0 Å². The fraction of sp³-hybridized carbons (Fsp3) is 0.440. The molecule has 804 valence electrons. The van der Waals surface area contributed by atoms with Gasteiger partial charge < -0.3 is 74.9 Å². The lowest BCUT2D eigenvalue weighted by atomic mass is 9.86. The molecule has 0 aliphatic carbocycles. The number of hydrogen-bond donors (Lipinski definition) is 8. The van der Waals surface area contributed by atoms with Crippen LogP contribution >= 0.6 is 150 Å². The average Bonchev–Trinajstić information content (AvgIpc) is 1.19. The summed E-state index contributed by atoms with van der Waals surface area (Å²) in [6, 6.07) is 17.3. The summed E-state index contributed by atoms with van der Waals surface area (Å²) < 4.78 is 66.1. The van der Waals surface area contributed by atoms with Crippen molar-refractivity contribution in [2.45, 2.75) is 134 Å². The maximum atomic E-state index is 14.0. The summed E-state index contributed by atoms with van der Waals surface area (Å²) in [6.45, 7) is 13.5. The van der Waals surface area contributed by atoms with Crippen molar-refractivity contribution in [3.05, 3.63) is 247 Å². The fourth-order valence-electron chi connectivity index (χ4n) is 17.7. The number of benzene rings is 4.